The number of fused-ring (bicyclic) bond motifs is 1. The van der Waals surface area contributed by atoms with Crippen molar-refractivity contribution in [3.63, 3.8) is 0 Å². The smallest absolute Gasteiger partial charge is 0.189 e. The summed E-state index contributed by atoms with van der Waals surface area (Å²) in [6.07, 6.45) is 2.04. The van der Waals surface area contributed by atoms with Crippen LogP contribution in [-0.2, 0) is 0 Å². The third-order valence-corrected chi connectivity index (χ3v) is 6.49. The molecule has 154 valence electrons. The van der Waals surface area contributed by atoms with E-state index >= 15 is 0 Å². The van der Waals surface area contributed by atoms with Crippen LogP contribution < -0.4 is 14.4 Å². The Bertz CT molecular complexity index is 994. The standard InChI is InChI=1S/C23H25N5O2/c1-14(2)28-8-7-16-17(10-24)22(27)23(12-25,13-26)21(18(16)11-28)15-5-6-19(29-3)20(9-15)30-4/h5-7,9,14,17-18,21,27H,8,11H2,1-4H3/p+1/t17?,18-,21-/m1/s1. The van der Waals surface area contributed by atoms with E-state index in [2.05, 4.69) is 32.1 Å². The molecule has 0 amide bonds. The molecule has 2 unspecified atom stereocenters. The number of methoxy groups -OCH3 is 2. The normalized spacial score (nSPS) is 27.1. The summed E-state index contributed by atoms with van der Waals surface area (Å²) in [5, 5.41) is 38.8. The highest BCUT2D eigenvalue weighted by atomic mass is 16.5. The minimum absolute atomic E-state index is 0.134. The Morgan fingerprint density at radius 1 is 1.13 bits per heavy atom. The van der Waals surface area contributed by atoms with E-state index in [0.717, 1.165) is 17.7 Å². The van der Waals surface area contributed by atoms with Gasteiger partial charge in [0.25, 0.3) is 0 Å². The van der Waals surface area contributed by atoms with Crippen LogP contribution in [0.15, 0.2) is 29.8 Å². The van der Waals surface area contributed by atoms with E-state index in [4.69, 9.17) is 14.9 Å². The molecule has 1 aromatic rings. The van der Waals surface area contributed by atoms with Crippen LogP contribution in [0.5, 0.6) is 11.5 Å². The molecule has 0 radical (unpaired) electrons. The first-order valence-electron chi connectivity index (χ1n) is 9.95. The zero-order valence-corrected chi connectivity index (χ0v) is 17.7. The molecule has 1 fully saturated rings. The molecule has 0 saturated heterocycles. The SMILES string of the molecule is COc1ccc([C@@H]2[C@@H]3C[NH+](C(C)C)CC=C3C(C#N)C(=N)C2(C#N)C#N)cc1OC. The largest absolute Gasteiger partial charge is 0.493 e. The molecule has 0 spiro atoms. The van der Waals surface area contributed by atoms with Gasteiger partial charge in [0, 0.05) is 11.8 Å². The highest BCUT2D eigenvalue weighted by Crippen LogP contribution is 2.53. The third kappa shape index (κ3) is 3.11. The lowest BCUT2D eigenvalue weighted by Crippen LogP contribution is -3.16. The number of ether oxygens (including phenoxy) is 2. The molecule has 3 rings (SSSR count). The van der Waals surface area contributed by atoms with E-state index in [9.17, 15) is 15.8 Å². The number of hydrogen-bond acceptors (Lipinski definition) is 6. The predicted molar refractivity (Wildman–Crippen MR) is 110 cm³/mol. The van der Waals surface area contributed by atoms with Gasteiger partial charge in [-0.2, -0.15) is 15.8 Å². The molecule has 1 aliphatic carbocycles. The first kappa shape index (κ1) is 21.4. The zero-order chi connectivity index (χ0) is 22.1. The monoisotopic (exact) mass is 404 g/mol. The van der Waals surface area contributed by atoms with Crippen molar-refractivity contribution in [2.24, 2.45) is 17.3 Å². The molecule has 0 aromatic heterocycles. The van der Waals surface area contributed by atoms with Gasteiger partial charge in [0.15, 0.2) is 16.9 Å². The Hall–Kier alpha value is -3.34. The third-order valence-electron chi connectivity index (χ3n) is 6.49. The summed E-state index contributed by atoms with van der Waals surface area (Å²) in [5.74, 6) is -0.574. The maximum atomic E-state index is 10.1. The van der Waals surface area contributed by atoms with E-state index < -0.39 is 17.3 Å². The molecule has 2 aliphatic rings. The molecular formula is C23H26N5O2+. The molecule has 1 heterocycles. The fourth-order valence-electron chi connectivity index (χ4n) is 4.81. The van der Waals surface area contributed by atoms with Gasteiger partial charge in [-0.05, 0) is 43.2 Å². The molecule has 7 heteroatoms. The lowest BCUT2D eigenvalue weighted by molar-refractivity contribution is -0.920. The highest BCUT2D eigenvalue weighted by Gasteiger charge is 2.58. The summed E-state index contributed by atoms with van der Waals surface area (Å²) in [6.45, 7) is 5.72. The summed E-state index contributed by atoms with van der Waals surface area (Å²) in [4.78, 5) is 1.32. The van der Waals surface area contributed by atoms with Gasteiger partial charge in [-0.25, -0.2) is 0 Å². The van der Waals surface area contributed by atoms with Crippen LogP contribution in [0.4, 0.5) is 0 Å². The van der Waals surface area contributed by atoms with Crippen molar-refractivity contribution in [2.45, 2.75) is 25.8 Å². The van der Waals surface area contributed by atoms with Crippen LogP contribution in [0.2, 0.25) is 0 Å². The van der Waals surface area contributed by atoms with Gasteiger partial charge in [0.2, 0.25) is 0 Å². The summed E-state index contributed by atoms with van der Waals surface area (Å²) in [7, 11) is 3.08. The summed E-state index contributed by atoms with van der Waals surface area (Å²) >= 11 is 0. The zero-order valence-electron chi connectivity index (χ0n) is 17.7. The molecule has 2 N–H and O–H groups in total. The average molecular weight is 404 g/mol. The maximum Gasteiger partial charge on any atom is 0.189 e. The van der Waals surface area contributed by atoms with Crippen LogP contribution >= 0.6 is 0 Å². The average Bonchev–Trinajstić information content (AvgIpc) is 2.77. The van der Waals surface area contributed by atoms with Crippen molar-refractivity contribution in [3.05, 3.63) is 35.4 Å². The maximum absolute atomic E-state index is 10.1. The van der Waals surface area contributed by atoms with Gasteiger partial charge in [-0.15, -0.1) is 0 Å². The lowest BCUT2D eigenvalue weighted by Gasteiger charge is -2.47. The van der Waals surface area contributed by atoms with E-state index in [1.807, 2.05) is 12.1 Å². The quantitative estimate of drug-likeness (QED) is 0.743. The Labute approximate surface area is 177 Å². The fraction of sp³-hybridized carbons (Fsp3) is 0.478. The fourth-order valence-corrected chi connectivity index (χ4v) is 4.81. The lowest BCUT2D eigenvalue weighted by atomic mass is 9.54. The minimum atomic E-state index is -1.72. The summed E-state index contributed by atoms with van der Waals surface area (Å²) < 4.78 is 10.8. The molecule has 1 aliphatic heterocycles. The van der Waals surface area contributed by atoms with Crippen LogP contribution in [0.3, 0.4) is 0 Å². The number of hydrogen-bond donors (Lipinski definition) is 2. The number of quaternary nitrogens is 1. The molecule has 7 nitrogen and oxygen atoms in total. The van der Waals surface area contributed by atoms with Gasteiger partial charge < -0.3 is 19.8 Å². The van der Waals surface area contributed by atoms with Crippen LogP contribution in [0, 0.1) is 56.7 Å². The molecule has 1 saturated carbocycles. The number of benzene rings is 1. The summed E-state index contributed by atoms with van der Waals surface area (Å²) in [6, 6.07) is 12.2. The van der Waals surface area contributed by atoms with Gasteiger partial charge >= 0.3 is 0 Å². The highest BCUT2D eigenvalue weighted by molar-refractivity contribution is 6.00. The van der Waals surface area contributed by atoms with Crippen molar-refractivity contribution in [1.82, 2.24) is 0 Å². The number of rotatable bonds is 4. The van der Waals surface area contributed by atoms with Gasteiger partial charge in [-0.3, -0.25) is 0 Å². The number of nitriles is 3. The Morgan fingerprint density at radius 3 is 2.33 bits per heavy atom. The van der Waals surface area contributed by atoms with Gasteiger partial charge in [0.05, 0.1) is 57.3 Å². The second kappa shape index (κ2) is 8.19. The summed E-state index contributed by atoms with van der Waals surface area (Å²) in [5.41, 5.74) is -0.266. The van der Waals surface area contributed by atoms with Crippen molar-refractivity contribution in [3.8, 4) is 29.7 Å². The van der Waals surface area contributed by atoms with Crippen molar-refractivity contribution >= 4 is 5.71 Å². The first-order chi connectivity index (χ1) is 14.4. The first-order valence-corrected chi connectivity index (χ1v) is 9.95. The van der Waals surface area contributed by atoms with E-state index in [1.54, 1.807) is 19.2 Å². The van der Waals surface area contributed by atoms with E-state index in [-0.39, 0.29) is 11.6 Å². The second-order valence-electron chi connectivity index (χ2n) is 8.13. The van der Waals surface area contributed by atoms with Crippen LogP contribution in [0.25, 0.3) is 0 Å². The molecule has 30 heavy (non-hydrogen) atoms. The molecule has 0 bridgehead atoms. The van der Waals surface area contributed by atoms with Crippen LogP contribution in [0.1, 0.15) is 25.3 Å². The van der Waals surface area contributed by atoms with Gasteiger partial charge in [0.1, 0.15) is 5.92 Å². The van der Waals surface area contributed by atoms with Gasteiger partial charge in [-0.1, -0.05) is 6.07 Å². The van der Waals surface area contributed by atoms with E-state index in [0.29, 0.717) is 24.1 Å². The number of nitrogens with one attached hydrogen (secondary N) is 2. The second-order valence-corrected chi connectivity index (χ2v) is 8.13. The Morgan fingerprint density at radius 2 is 1.80 bits per heavy atom. The molecular weight excluding hydrogens is 378 g/mol. The van der Waals surface area contributed by atoms with Crippen molar-refractivity contribution in [2.75, 3.05) is 27.3 Å². The van der Waals surface area contributed by atoms with Crippen molar-refractivity contribution in [1.29, 1.82) is 21.2 Å². The molecule has 1 aromatic carbocycles. The Kier molecular flexibility index (Phi) is 5.83. The minimum Gasteiger partial charge on any atom is -0.493 e. The van der Waals surface area contributed by atoms with Crippen molar-refractivity contribution < 1.29 is 14.4 Å². The van der Waals surface area contributed by atoms with E-state index in [1.165, 1.54) is 12.0 Å². The predicted octanol–water partition coefficient (Wildman–Crippen LogP) is 1.84. The number of nitrogens with zero attached hydrogens (tertiary/aromatic N) is 3. The topological polar surface area (TPSA) is 118 Å². The Balaban J connectivity index is 2.26. The van der Waals surface area contributed by atoms with Crippen LogP contribution in [-0.4, -0.2) is 39.1 Å². The molecule has 4 atom stereocenters.